The van der Waals surface area contributed by atoms with Crippen molar-refractivity contribution in [2.45, 2.75) is 27.7 Å². The van der Waals surface area contributed by atoms with E-state index in [2.05, 4.69) is 21.2 Å². The molecule has 0 aliphatic carbocycles. The summed E-state index contributed by atoms with van der Waals surface area (Å²) in [5.41, 5.74) is 5.66. The van der Waals surface area contributed by atoms with Crippen LogP contribution in [0.25, 0.3) is 6.08 Å². The Balaban J connectivity index is 1.39. The lowest BCUT2D eigenvalue weighted by Crippen LogP contribution is -2.39. The maximum absolute atomic E-state index is 13.0. The van der Waals surface area contributed by atoms with Gasteiger partial charge in [0.15, 0.2) is 10.9 Å². The first-order valence-corrected chi connectivity index (χ1v) is 12.9. The number of aryl methyl sites for hydroxylation is 4. The summed E-state index contributed by atoms with van der Waals surface area (Å²) in [7, 11) is 0. The highest BCUT2D eigenvalue weighted by Crippen LogP contribution is 2.33. The van der Waals surface area contributed by atoms with E-state index in [9.17, 15) is 9.59 Å². The van der Waals surface area contributed by atoms with Gasteiger partial charge in [0.1, 0.15) is 5.75 Å². The molecule has 4 rings (SSSR count). The predicted octanol–water partition coefficient (Wildman–Crippen LogP) is 6.04. The van der Waals surface area contributed by atoms with Gasteiger partial charge in [-0.3, -0.25) is 14.3 Å². The Labute approximate surface area is 222 Å². The van der Waals surface area contributed by atoms with Crippen molar-refractivity contribution < 1.29 is 14.3 Å². The molecule has 1 aromatic heterocycles. The molecule has 1 aliphatic heterocycles. The van der Waals surface area contributed by atoms with Crippen LogP contribution in [0, 0.1) is 27.7 Å². The van der Waals surface area contributed by atoms with Crippen molar-refractivity contribution in [1.29, 1.82) is 0 Å². The van der Waals surface area contributed by atoms with Crippen molar-refractivity contribution in [2.24, 2.45) is 0 Å². The summed E-state index contributed by atoms with van der Waals surface area (Å²) in [6, 6.07) is 15.0. The third kappa shape index (κ3) is 5.52. The molecular weight excluding hydrogens is 546 g/mol. The summed E-state index contributed by atoms with van der Waals surface area (Å²) in [5.74, 6) is 0.150. The molecule has 0 atom stereocenters. The van der Waals surface area contributed by atoms with Crippen LogP contribution in [0.15, 0.2) is 57.9 Å². The summed E-state index contributed by atoms with van der Waals surface area (Å²) < 4.78 is 8.78. The second-order valence-corrected chi connectivity index (χ2v) is 10.8. The zero-order valence-corrected chi connectivity index (χ0v) is 22.9. The first kappa shape index (κ1) is 25.2. The van der Waals surface area contributed by atoms with Gasteiger partial charge in [-0.05, 0) is 115 Å². The minimum atomic E-state index is -0.252. The Bertz CT molecular complexity index is 1340. The number of thiocarbonyl (C=S) groups is 1. The topological polar surface area (TPSA) is 63.6 Å². The van der Waals surface area contributed by atoms with Crippen molar-refractivity contribution in [3.05, 3.63) is 86.0 Å². The predicted molar refractivity (Wildman–Crippen MR) is 149 cm³/mol. The van der Waals surface area contributed by atoms with E-state index in [1.54, 1.807) is 18.2 Å². The molecule has 2 amide bonds. The second kappa shape index (κ2) is 10.4. The zero-order valence-electron chi connectivity index (χ0n) is 19.7. The van der Waals surface area contributed by atoms with E-state index in [0.717, 1.165) is 32.6 Å². The molecule has 0 spiro atoms. The number of hydrogen-bond donors (Lipinski definition) is 1. The number of carbonyl (C=O) groups excluding carboxylic acids is 2. The number of nitrogens with zero attached hydrogens (tertiary/aromatic N) is 2. The standard InChI is InChI=1S/C26H24BrN3O3S2/c1-15-11-21(27)22(12-16(15)2)28-24(31)14-33-20-9-7-19(8-10-20)13-23-25(32)30(26(34)35-23)29-17(3)5-6-18(29)4/h5-13H,14H2,1-4H3,(H,28,31)/b23-13+. The monoisotopic (exact) mass is 569 g/mol. The minimum absolute atomic E-state index is 0.118. The van der Waals surface area contributed by atoms with Gasteiger partial charge in [0.05, 0.1) is 10.6 Å². The number of aromatic nitrogens is 1. The number of carbonyl (C=O) groups is 2. The molecule has 1 N–H and O–H groups in total. The summed E-state index contributed by atoms with van der Waals surface area (Å²) in [6.07, 6.45) is 1.81. The van der Waals surface area contributed by atoms with Gasteiger partial charge < -0.3 is 10.1 Å². The van der Waals surface area contributed by atoms with Crippen LogP contribution in [-0.4, -0.2) is 27.4 Å². The molecule has 3 aromatic rings. The molecule has 0 saturated carbocycles. The first-order chi connectivity index (χ1) is 16.6. The normalized spacial score (nSPS) is 14.7. The molecule has 9 heteroatoms. The number of benzene rings is 2. The first-order valence-electron chi connectivity index (χ1n) is 10.9. The van der Waals surface area contributed by atoms with Gasteiger partial charge in [-0.15, -0.1) is 0 Å². The molecular formula is C26H24BrN3O3S2. The van der Waals surface area contributed by atoms with Gasteiger partial charge >= 0.3 is 0 Å². The fourth-order valence-electron chi connectivity index (χ4n) is 3.63. The number of rotatable bonds is 6. The highest BCUT2D eigenvalue weighted by atomic mass is 79.9. The highest BCUT2D eigenvalue weighted by molar-refractivity contribution is 9.10. The zero-order chi connectivity index (χ0) is 25.3. The molecule has 1 fully saturated rings. The number of anilines is 1. The molecule has 1 saturated heterocycles. The van der Waals surface area contributed by atoms with E-state index in [1.807, 2.05) is 68.8 Å². The molecule has 0 unspecified atom stereocenters. The molecule has 1 aliphatic rings. The lowest BCUT2D eigenvalue weighted by Gasteiger charge is -2.20. The maximum Gasteiger partial charge on any atom is 0.285 e. The van der Waals surface area contributed by atoms with Crippen LogP contribution in [0.1, 0.15) is 28.1 Å². The van der Waals surface area contributed by atoms with Crippen LogP contribution in [-0.2, 0) is 9.59 Å². The van der Waals surface area contributed by atoms with Crippen molar-refractivity contribution in [1.82, 2.24) is 4.68 Å². The third-order valence-corrected chi connectivity index (χ3v) is 7.55. The molecule has 2 aromatic carbocycles. The molecule has 180 valence electrons. The number of thioether (sulfide) groups is 1. The third-order valence-electron chi connectivity index (χ3n) is 5.61. The average Bonchev–Trinajstić information content (AvgIpc) is 3.28. The number of halogens is 1. The second-order valence-electron chi connectivity index (χ2n) is 8.24. The number of hydrogen-bond acceptors (Lipinski definition) is 5. The van der Waals surface area contributed by atoms with Gasteiger partial charge in [-0.25, -0.2) is 0 Å². The van der Waals surface area contributed by atoms with Gasteiger partial charge in [-0.2, -0.15) is 5.01 Å². The lowest BCUT2D eigenvalue weighted by atomic mass is 10.1. The summed E-state index contributed by atoms with van der Waals surface area (Å²) in [4.78, 5) is 25.9. The number of amides is 2. The fourth-order valence-corrected chi connectivity index (χ4v) is 5.43. The smallest absolute Gasteiger partial charge is 0.285 e. The minimum Gasteiger partial charge on any atom is -0.484 e. The van der Waals surface area contributed by atoms with E-state index >= 15 is 0 Å². The van der Waals surface area contributed by atoms with Crippen LogP contribution < -0.4 is 15.1 Å². The largest absolute Gasteiger partial charge is 0.484 e. The SMILES string of the molecule is Cc1cc(Br)c(NC(=O)COc2ccc(/C=C3/SC(=S)N(n4c(C)ccc4C)C3=O)cc2)cc1C. The van der Waals surface area contributed by atoms with E-state index in [4.69, 9.17) is 17.0 Å². The van der Waals surface area contributed by atoms with Crippen molar-refractivity contribution >= 4 is 67.8 Å². The Kier molecular flexibility index (Phi) is 7.49. The van der Waals surface area contributed by atoms with Crippen LogP contribution >= 0.6 is 39.9 Å². The van der Waals surface area contributed by atoms with Crippen molar-refractivity contribution in [3.8, 4) is 5.75 Å². The molecule has 6 nitrogen and oxygen atoms in total. The van der Waals surface area contributed by atoms with Crippen LogP contribution in [0.2, 0.25) is 0 Å². The quantitative estimate of drug-likeness (QED) is 0.289. The molecule has 35 heavy (non-hydrogen) atoms. The molecule has 0 radical (unpaired) electrons. The van der Waals surface area contributed by atoms with E-state index in [0.29, 0.717) is 20.7 Å². The van der Waals surface area contributed by atoms with Crippen LogP contribution in [0.5, 0.6) is 5.75 Å². The highest BCUT2D eigenvalue weighted by Gasteiger charge is 2.34. The number of ether oxygens (including phenoxy) is 1. The lowest BCUT2D eigenvalue weighted by molar-refractivity contribution is -0.118. The Morgan fingerprint density at radius 1 is 1.06 bits per heavy atom. The van der Waals surface area contributed by atoms with Crippen molar-refractivity contribution in [2.75, 3.05) is 16.9 Å². The summed E-state index contributed by atoms with van der Waals surface area (Å²) >= 11 is 10.2. The van der Waals surface area contributed by atoms with Gasteiger partial charge in [-0.1, -0.05) is 23.9 Å². The van der Waals surface area contributed by atoms with Gasteiger partial charge in [0.2, 0.25) is 0 Å². The summed E-state index contributed by atoms with van der Waals surface area (Å²) in [5, 5.41) is 4.39. The summed E-state index contributed by atoms with van der Waals surface area (Å²) in [6.45, 7) is 7.77. The van der Waals surface area contributed by atoms with Crippen LogP contribution in [0.4, 0.5) is 5.69 Å². The Hall–Kier alpha value is -2.88. The molecule has 2 heterocycles. The van der Waals surface area contributed by atoms with E-state index < -0.39 is 0 Å². The Morgan fingerprint density at radius 3 is 2.34 bits per heavy atom. The van der Waals surface area contributed by atoms with Gasteiger partial charge in [0, 0.05) is 15.9 Å². The fraction of sp³-hybridized carbons (Fsp3) is 0.192. The number of nitrogens with one attached hydrogen (secondary N) is 1. The Morgan fingerprint density at radius 2 is 1.69 bits per heavy atom. The molecule has 0 bridgehead atoms. The van der Waals surface area contributed by atoms with Crippen LogP contribution in [0.3, 0.4) is 0 Å². The maximum atomic E-state index is 13.0. The van der Waals surface area contributed by atoms with Gasteiger partial charge in [0.25, 0.3) is 11.8 Å². The van der Waals surface area contributed by atoms with E-state index in [1.165, 1.54) is 16.8 Å². The van der Waals surface area contributed by atoms with E-state index in [-0.39, 0.29) is 18.4 Å². The average molecular weight is 571 g/mol. The van der Waals surface area contributed by atoms with Crippen molar-refractivity contribution in [3.63, 3.8) is 0 Å².